The zero-order valence-corrected chi connectivity index (χ0v) is 14.2. The number of aromatic nitrogens is 3. The fourth-order valence-corrected chi connectivity index (χ4v) is 2.79. The fourth-order valence-electron chi connectivity index (χ4n) is 2.79. The predicted molar refractivity (Wildman–Crippen MR) is 97.7 cm³/mol. The Morgan fingerprint density at radius 2 is 2.04 bits per heavy atom. The van der Waals surface area contributed by atoms with E-state index in [-0.39, 0.29) is 5.91 Å². The first-order valence-corrected chi connectivity index (χ1v) is 8.73. The standard InChI is InChI=1S/C19H21N5O/c1-2-9-20-17-18-22-12-16(24(18)11-10-21-17)13-3-5-14(6-4-13)19(25)23-15-7-8-15/h3-6,10-12,15H,2,7-9H2,1H3,(H,20,21)(H,23,25). The van der Waals surface area contributed by atoms with Crippen molar-refractivity contribution in [1.29, 1.82) is 0 Å². The zero-order valence-electron chi connectivity index (χ0n) is 14.2. The summed E-state index contributed by atoms with van der Waals surface area (Å²) in [4.78, 5) is 21.0. The van der Waals surface area contributed by atoms with Crippen LogP contribution in [0.3, 0.4) is 0 Å². The first-order valence-electron chi connectivity index (χ1n) is 8.73. The van der Waals surface area contributed by atoms with E-state index in [9.17, 15) is 4.79 Å². The average Bonchev–Trinajstić information content (AvgIpc) is 3.35. The van der Waals surface area contributed by atoms with E-state index < -0.39 is 0 Å². The van der Waals surface area contributed by atoms with Gasteiger partial charge >= 0.3 is 0 Å². The SMILES string of the molecule is CCCNc1nccn2c(-c3ccc(C(=O)NC4CC4)cc3)cnc12. The quantitative estimate of drug-likeness (QED) is 0.726. The summed E-state index contributed by atoms with van der Waals surface area (Å²) in [5, 5.41) is 6.31. The first-order chi connectivity index (χ1) is 12.3. The first kappa shape index (κ1) is 15.6. The second-order valence-corrected chi connectivity index (χ2v) is 6.36. The van der Waals surface area contributed by atoms with Crippen molar-refractivity contribution in [2.75, 3.05) is 11.9 Å². The number of carbonyl (C=O) groups is 1. The van der Waals surface area contributed by atoms with Gasteiger partial charge in [0.1, 0.15) is 0 Å². The average molecular weight is 335 g/mol. The minimum Gasteiger partial charge on any atom is -0.367 e. The van der Waals surface area contributed by atoms with Crippen molar-refractivity contribution in [2.24, 2.45) is 0 Å². The van der Waals surface area contributed by atoms with Crippen LogP contribution in [0.25, 0.3) is 16.9 Å². The molecule has 1 amide bonds. The molecule has 2 heterocycles. The molecule has 0 radical (unpaired) electrons. The molecule has 0 atom stereocenters. The lowest BCUT2D eigenvalue weighted by Crippen LogP contribution is -2.25. The normalized spacial score (nSPS) is 13.8. The van der Waals surface area contributed by atoms with Crippen LogP contribution >= 0.6 is 0 Å². The molecule has 1 saturated carbocycles. The monoisotopic (exact) mass is 335 g/mol. The van der Waals surface area contributed by atoms with Crippen LogP contribution in [-0.4, -0.2) is 32.9 Å². The summed E-state index contributed by atoms with van der Waals surface area (Å²) in [7, 11) is 0. The molecule has 1 aliphatic carbocycles. The van der Waals surface area contributed by atoms with Gasteiger partial charge in [0.25, 0.3) is 5.91 Å². The molecule has 1 aromatic carbocycles. The minimum atomic E-state index is 0.00226. The van der Waals surface area contributed by atoms with E-state index in [1.165, 1.54) is 0 Å². The summed E-state index contributed by atoms with van der Waals surface area (Å²) in [5.74, 6) is 0.790. The summed E-state index contributed by atoms with van der Waals surface area (Å²) >= 11 is 0. The van der Waals surface area contributed by atoms with Gasteiger partial charge in [-0.15, -0.1) is 0 Å². The molecule has 0 saturated heterocycles. The van der Waals surface area contributed by atoms with E-state index in [2.05, 4.69) is 27.5 Å². The second kappa shape index (κ2) is 6.55. The van der Waals surface area contributed by atoms with Gasteiger partial charge in [0.05, 0.1) is 11.9 Å². The van der Waals surface area contributed by atoms with Crippen LogP contribution in [0, 0.1) is 0 Å². The third-order valence-corrected chi connectivity index (χ3v) is 4.33. The molecule has 2 N–H and O–H groups in total. The molecule has 2 aromatic heterocycles. The Morgan fingerprint density at radius 3 is 2.76 bits per heavy atom. The minimum absolute atomic E-state index is 0.00226. The maximum atomic E-state index is 12.1. The predicted octanol–water partition coefficient (Wildman–Crippen LogP) is 3.11. The van der Waals surface area contributed by atoms with Crippen molar-refractivity contribution in [3.63, 3.8) is 0 Å². The molecule has 6 heteroatoms. The summed E-state index contributed by atoms with van der Waals surface area (Å²) in [6.07, 6.45) is 8.73. The number of rotatable bonds is 6. The number of carbonyl (C=O) groups excluding carboxylic acids is 1. The molecule has 0 aliphatic heterocycles. The highest BCUT2D eigenvalue weighted by molar-refractivity contribution is 5.95. The van der Waals surface area contributed by atoms with Gasteiger partial charge in [-0.25, -0.2) is 9.97 Å². The van der Waals surface area contributed by atoms with Crippen molar-refractivity contribution in [1.82, 2.24) is 19.7 Å². The van der Waals surface area contributed by atoms with Gasteiger partial charge in [-0.05, 0) is 31.4 Å². The smallest absolute Gasteiger partial charge is 0.251 e. The third kappa shape index (κ3) is 3.20. The van der Waals surface area contributed by atoms with Gasteiger partial charge < -0.3 is 10.6 Å². The van der Waals surface area contributed by atoms with E-state index in [4.69, 9.17) is 0 Å². The maximum Gasteiger partial charge on any atom is 0.251 e. The second-order valence-electron chi connectivity index (χ2n) is 6.36. The van der Waals surface area contributed by atoms with E-state index in [0.29, 0.717) is 11.6 Å². The van der Waals surface area contributed by atoms with Crippen molar-refractivity contribution in [3.05, 3.63) is 48.4 Å². The molecular formula is C19H21N5O. The maximum absolute atomic E-state index is 12.1. The summed E-state index contributed by atoms with van der Waals surface area (Å²) in [5.41, 5.74) is 3.49. The van der Waals surface area contributed by atoms with E-state index in [1.54, 1.807) is 6.20 Å². The van der Waals surface area contributed by atoms with Crippen LogP contribution in [0.4, 0.5) is 5.82 Å². The van der Waals surface area contributed by atoms with Crippen LogP contribution in [0.2, 0.25) is 0 Å². The van der Waals surface area contributed by atoms with Gasteiger partial charge in [0.15, 0.2) is 11.5 Å². The van der Waals surface area contributed by atoms with Crippen LogP contribution in [0.5, 0.6) is 0 Å². The molecule has 3 aromatic rings. The number of benzene rings is 1. The van der Waals surface area contributed by atoms with E-state index in [1.807, 2.05) is 41.1 Å². The van der Waals surface area contributed by atoms with Crippen molar-refractivity contribution in [2.45, 2.75) is 32.2 Å². The van der Waals surface area contributed by atoms with Gasteiger partial charge in [-0.1, -0.05) is 19.1 Å². The molecular weight excluding hydrogens is 314 g/mol. The Bertz CT molecular complexity index is 896. The lowest BCUT2D eigenvalue weighted by molar-refractivity contribution is 0.0951. The Balaban J connectivity index is 1.61. The molecule has 1 aliphatic rings. The number of nitrogens with zero attached hydrogens (tertiary/aromatic N) is 3. The van der Waals surface area contributed by atoms with Gasteiger partial charge in [0.2, 0.25) is 0 Å². The Hall–Kier alpha value is -2.89. The lowest BCUT2D eigenvalue weighted by Gasteiger charge is -2.07. The fraction of sp³-hybridized carbons (Fsp3) is 0.316. The summed E-state index contributed by atoms with van der Waals surface area (Å²) < 4.78 is 2.02. The molecule has 0 bridgehead atoms. The molecule has 0 spiro atoms. The van der Waals surface area contributed by atoms with Crippen LogP contribution in [0.15, 0.2) is 42.9 Å². The summed E-state index contributed by atoms with van der Waals surface area (Å²) in [6.45, 7) is 2.98. The Morgan fingerprint density at radius 1 is 1.24 bits per heavy atom. The molecule has 6 nitrogen and oxygen atoms in total. The topological polar surface area (TPSA) is 71.3 Å². The van der Waals surface area contributed by atoms with Crippen molar-refractivity contribution < 1.29 is 4.79 Å². The van der Waals surface area contributed by atoms with E-state index in [0.717, 1.165) is 48.5 Å². The third-order valence-electron chi connectivity index (χ3n) is 4.33. The number of amides is 1. The molecule has 128 valence electrons. The number of hydrogen-bond donors (Lipinski definition) is 2. The Kier molecular flexibility index (Phi) is 4.09. The number of anilines is 1. The number of hydrogen-bond acceptors (Lipinski definition) is 4. The molecule has 25 heavy (non-hydrogen) atoms. The number of fused-ring (bicyclic) bond motifs is 1. The summed E-state index contributed by atoms with van der Waals surface area (Å²) in [6, 6.07) is 8.02. The van der Waals surface area contributed by atoms with E-state index >= 15 is 0 Å². The van der Waals surface area contributed by atoms with Crippen LogP contribution in [0.1, 0.15) is 36.5 Å². The Labute approximate surface area is 146 Å². The highest BCUT2D eigenvalue weighted by Crippen LogP contribution is 2.24. The highest BCUT2D eigenvalue weighted by Gasteiger charge is 2.23. The van der Waals surface area contributed by atoms with Gasteiger partial charge in [0, 0.05) is 36.1 Å². The molecule has 0 unspecified atom stereocenters. The lowest BCUT2D eigenvalue weighted by atomic mass is 10.1. The number of nitrogens with one attached hydrogen (secondary N) is 2. The van der Waals surface area contributed by atoms with Crippen LogP contribution in [-0.2, 0) is 0 Å². The van der Waals surface area contributed by atoms with Crippen molar-refractivity contribution in [3.8, 4) is 11.3 Å². The van der Waals surface area contributed by atoms with Gasteiger partial charge in [-0.3, -0.25) is 9.20 Å². The molecule has 1 fully saturated rings. The van der Waals surface area contributed by atoms with Crippen molar-refractivity contribution >= 4 is 17.4 Å². The van der Waals surface area contributed by atoms with Gasteiger partial charge in [-0.2, -0.15) is 0 Å². The zero-order chi connectivity index (χ0) is 17.2. The largest absolute Gasteiger partial charge is 0.367 e. The van der Waals surface area contributed by atoms with Crippen LogP contribution < -0.4 is 10.6 Å². The molecule has 4 rings (SSSR count). The highest BCUT2D eigenvalue weighted by atomic mass is 16.1. The number of imidazole rings is 1.